The molecule has 0 saturated carbocycles. The molecule has 1 aromatic heterocycles. The zero-order chi connectivity index (χ0) is 21.0. The Morgan fingerprint density at radius 3 is 2.79 bits per heavy atom. The number of nitrogens with one attached hydrogen (secondary N) is 1. The van der Waals surface area contributed by atoms with Gasteiger partial charge in [0.15, 0.2) is 5.69 Å². The molecule has 9 heteroatoms. The fraction of sp³-hybridized carbons (Fsp3) is 0.200. The van der Waals surface area contributed by atoms with E-state index in [1.165, 1.54) is 4.90 Å². The van der Waals surface area contributed by atoms with Crippen molar-refractivity contribution < 1.29 is 14.3 Å². The minimum atomic E-state index is -0.340. The SMILES string of the molecule is C=C/C(=C\N=CC)n1nc(C(=O)N2CNC(=O)C2)cc1-c1cc(Br)cc(OC)c1. The molecule has 8 nitrogen and oxygen atoms in total. The fourth-order valence-electron chi connectivity index (χ4n) is 2.84. The number of amides is 2. The maximum absolute atomic E-state index is 12.9. The van der Waals surface area contributed by atoms with E-state index in [4.69, 9.17) is 4.74 Å². The summed E-state index contributed by atoms with van der Waals surface area (Å²) in [6.45, 7) is 5.80. The third-order valence-corrected chi connectivity index (χ3v) is 4.69. The first-order valence-corrected chi connectivity index (χ1v) is 9.58. The van der Waals surface area contributed by atoms with Gasteiger partial charge in [-0.05, 0) is 37.3 Å². The average molecular weight is 458 g/mol. The maximum atomic E-state index is 12.9. The molecule has 0 atom stereocenters. The molecule has 1 aliphatic rings. The van der Waals surface area contributed by atoms with Crippen LogP contribution in [0.5, 0.6) is 5.75 Å². The second kappa shape index (κ2) is 8.87. The van der Waals surface area contributed by atoms with Gasteiger partial charge in [0.25, 0.3) is 5.91 Å². The smallest absolute Gasteiger partial charge is 0.276 e. The van der Waals surface area contributed by atoms with Crippen molar-refractivity contribution >= 4 is 39.7 Å². The van der Waals surface area contributed by atoms with Gasteiger partial charge in [0, 0.05) is 16.3 Å². The number of methoxy groups -OCH3 is 1. The number of carbonyl (C=O) groups excluding carboxylic acids is 2. The molecule has 2 amide bonds. The standard InChI is InChI=1S/C20H20BrN5O3/c1-4-15(10-22-5-2)26-18(13-6-14(21)8-16(7-13)29-3)9-17(24-26)20(28)25-11-19(27)23-12-25/h4-10H,1,11-12H2,2-3H3,(H,23,27)/b15-10+,22-5?. The molecule has 0 spiro atoms. The fourth-order valence-corrected chi connectivity index (χ4v) is 3.31. The lowest BCUT2D eigenvalue weighted by atomic mass is 10.1. The van der Waals surface area contributed by atoms with Gasteiger partial charge >= 0.3 is 0 Å². The van der Waals surface area contributed by atoms with Crippen LogP contribution in [0.1, 0.15) is 17.4 Å². The molecule has 0 unspecified atom stereocenters. The molecule has 0 bridgehead atoms. The molecule has 1 N–H and O–H groups in total. The Hall–Kier alpha value is -3.20. The number of aromatic nitrogens is 2. The summed E-state index contributed by atoms with van der Waals surface area (Å²) in [6, 6.07) is 7.26. The van der Waals surface area contributed by atoms with Crippen LogP contribution >= 0.6 is 15.9 Å². The number of rotatable bonds is 6. The van der Waals surface area contributed by atoms with Crippen LogP contribution < -0.4 is 10.1 Å². The van der Waals surface area contributed by atoms with Crippen molar-refractivity contribution in [1.82, 2.24) is 20.0 Å². The van der Waals surface area contributed by atoms with Gasteiger partial charge in [0.2, 0.25) is 5.91 Å². The van der Waals surface area contributed by atoms with Gasteiger partial charge in [0.05, 0.1) is 31.4 Å². The summed E-state index contributed by atoms with van der Waals surface area (Å²) in [6.07, 6.45) is 4.85. The van der Waals surface area contributed by atoms with E-state index in [1.807, 2.05) is 18.2 Å². The van der Waals surface area contributed by atoms with Crippen molar-refractivity contribution in [2.24, 2.45) is 4.99 Å². The summed E-state index contributed by atoms with van der Waals surface area (Å²) in [5.41, 5.74) is 2.24. The number of hydrogen-bond donors (Lipinski definition) is 1. The van der Waals surface area contributed by atoms with Gasteiger partial charge in [-0.25, -0.2) is 4.68 Å². The largest absolute Gasteiger partial charge is 0.497 e. The van der Waals surface area contributed by atoms with Gasteiger partial charge in [-0.1, -0.05) is 22.5 Å². The van der Waals surface area contributed by atoms with Gasteiger partial charge < -0.3 is 15.0 Å². The summed E-state index contributed by atoms with van der Waals surface area (Å²) in [7, 11) is 1.58. The average Bonchev–Trinajstić information content (AvgIpc) is 3.34. The molecule has 1 saturated heterocycles. The molecule has 2 heterocycles. The lowest BCUT2D eigenvalue weighted by molar-refractivity contribution is -0.118. The van der Waals surface area contributed by atoms with E-state index in [-0.39, 0.29) is 30.7 Å². The summed E-state index contributed by atoms with van der Waals surface area (Å²) in [5.74, 6) is 0.117. The van der Waals surface area contributed by atoms with Crippen LogP contribution in [0.3, 0.4) is 0 Å². The van der Waals surface area contributed by atoms with Crippen LogP contribution in [0.25, 0.3) is 17.0 Å². The minimum absolute atomic E-state index is 0.00994. The first-order valence-electron chi connectivity index (χ1n) is 8.78. The molecule has 2 aromatic rings. The Bertz CT molecular complexity index is 1030. The molecule has 3 rings (SSSR count). The predicted octanol–water partition coefficient (Wildman–Crippen LogP) is 2.93. The van der Waals surface area contributed by atoms with E-state index in [2.05, 4.69) is 37.9 Å². The number of allylic oxidation sites excluding steroid dienone is 2. The highest BCUT2D eigenvalue weighted by atomic mass is 79.9. The van der Waals surface area contributed by atoms with Crippen molar-refractivity contribution in [1.29, 1.82) is 0 Å². The van der Waals surface area contributed by atoms with Crippen LogP contribution in [0, 0.1) is 0 Å². The molecular formula is C20H20BrN5O3. The van der Waals surface area contributed by atoms with Gasteiger partial charge in [-0.3, -0.25) is 14.6 Å². The number of nitrogens with zero attached hydrogens (tertiary/aromatic N) is 4. The van der Waals surface area contributed by atoms with Crippen molar-refractivity contribution in [3.05, 3.63) is 53.3 Å². The first-order chi connectivity index (χ1) is 14.0. The van der Waals surface area contributed by atoms with E-state index in [9.17, 15) is 9.59 Å². The van der Waals surface area contributed by atoms with Gasteiger partial charge in [-0.15, -0.1) is 0 Å². The van der Waals surface area contributed by atoms with Crippen LogP contribution in [-0.4, -0.2) is 53.0 Å². The maximum Gasteiger partial charge on any atom is 0.276 e. The monoisotopic (exact) mass is 457 g/mol. The molecule has 1 aromatic carbocycles. The molecule has 29 heavy (non-hydrogen) atoms. The van der Waals surface area contributed by atoms with E-state index in [0.717, 1.165) is 10.0 Å². The number of hydrogen-bond acceptors (Lipinski definition) is 5. The Morgan fingerprint density at radius 1 is 1.38 bits per heavy atom. The van der Waals surface area contributed by atoms with Gasteiger partial charge in [-0.2, -0.15) is 5.10 Å². The van der Waals surface area contributed by atoms with Crippen LogP contribution in [0.4, 0.5) is 0 Å². The van der Waals surface area contributed by atoms with E-state index >= 15 is 0 Å². The zero-order valence-corrected chi connectivity index (χ0v) is 17.6. The van der Waals surface area contributed by atoms with Crippen molar-refractivity contribution in [3.63, 3.8) is 0 Å². The highest BCUT2D eigenvalue weighted by molar-refractivity contribution is 9.10. The molecule has 0 aliphatic carbocycles. The summed E-state index contributed by atoms with van der Waals surface area (Å²) < 4.78 is 7.77. The van der Waals surface area contributed by atoms with Crippen molar-refractivity contribution in [3.8, 4) is 17.0 Å². The normalized spacial score (nSPS) is 14.4. The summed E-state index contributed by atoms with van der Waals surface area (Å²) >= 11 is 3.48. The topological polar surface area (TPSA) is 88.8 Å². The van der Waals surface area contributed by atoms with Crippen LogP contribution in [0.15, 0.2) is 52.6 Å². The Labute approximate surface area is 176 Å². The number of ether oxygens (including phenoxy) is 1. The number of aliphatic imine (C=N–C) groups is 1. The van der Waals surface area contributed by atoms with Crippen molar-refractivity contribution in [2.75, 3.05) is 20.3 Å². The van der Waals surface area contributed by atoms with E-state index in [1.54, 1.807) is 43.3 Å². The van der Waals surface area contributed by atoms with Crippen LogP contribution in [0.2, 0.25) is 0 Å². The zero-order valence-electron chi connectivity index (χ0n) is 16.1. The lowest BCUT2D eigenvalue weighted by Crippen LogP contribution is -2.30. The second-order valence-electron chi connectivity index (χ2n) is 6.13. The minimum Gasteiger partial charge on any atom is -0.497 e. The predicted molar refractivity (Wildman–Crippen MR) is 115 cm³/mol. The summed E-state index contributed by atoms with van der Waals surface area (Å²) in [5, 5.41) is 7.10. The Kier molecular flexibility index (Phi) is 6.28. The molecule has 1 fully saturated rings. The number of carbonyl (C=O) groups is 2. The number of halogens is 1. The second-order valence-corrected chi connectivity index (χ2v) is 7.05. The van der Waals surface area contributed by atoms with E-state index in [0.29, 0.717) is 17.1 Å². The Balaban J connectivity index is 2.13. The molecule has 0 radical (unpaired) electrons. The first kappa shape index (κ1) is 20.5. The highest BCUT2D eigenvalue weighted by Crippen LogP contribution is 2.31. The van der Waals surface area contributed by atoms with E-state index < -0.39 is 0 Å². The third kappa shape index (κ3) is 4.45. The Morgan fingerprint density at radius 2 is 2.17 bits per heavy atom. The quantitative estimate of drug-likeness (QED) is 0.533. The third-order valence-electron chi connectivity index (χ3n) is 4.23. The van der Waals surface area contributed by atoms with Crippen LogP contribution in [-0.2, 0) is 4.79 Å². The number of benzene rings is 1. The van der Waals surface area contributed by atoms with Gasteiger partial charge in [0.1, 0.15) is 12.3 Å². The van der Waals surface area contributed by atoms with Crippen molar-refractivity contribution in [2.45, 2.75) is 6.92 Å². The molecule has 1 aliphatic heterocycles. The highest BCUT2D eigenvalue weighted by Gasteiger charge is 2.27. The molecule has 150 valence electrons. The molecular weight excluding hydrogens is 438 g/mol. The summed E-state index contributed by atoms with van der Waals surface area (Å²) in [4.78, 5) is 29.9. The lowest BCUT2D eigenvalue weighted by Gasteiger charge is -2.10.